The highest BCUT2D eigenvalue weighted by atomic mass is 16.6. The second-order valence-electron chi connectivity index (χ2n) is 11.1. The van der Waals surface area contributed by atoms with Crippen molar-refractivity contribution in [2.75, 3.05) is 6.61 Å². The van der Waals surface area contributed by atoms with Crippen molar-refractivity contribution < 1.29 is 29.0 Å². The Morgan fingerprint density at radius 2 is 1.73 bits per heavy atom. The van der Waals surface area contributed by atoms with Crippen LogP contribution in [0.25, 0.3) is 22.0 Å². The summed E-state index contributed by atoms with van der Waals surface area (Å²) in [5, 5.41) is 13.2. The summed E-state index contributed by atoms with van der Waals surface area (Å²) in [6.07, 6.45) is 2.06. The van der Waals surface area contributed by atoms with E-state index in [4.69, 9.17) is 9.47 Å². The van der Waals surface area contributed by atoms with Crippen LogP contribution in [0.2, 0.25) is 0 Å². The molecule has 3 N–H and O–H groups in total. The number of hydrogen-bond acceptors (Lipinski definition) is 5. The van der Waals surface area contributed by atoms with Gasteiger partial charge in [0.2, 0.25) is 0 Å². The zero-order valence-corrected chi connectivity index (χ0v) is 22.3. The largest absolute Gasteiger partial charge is 0.480 e. The van der Waals surface area contributed by atoms with Gasteiger partial charge < -0.3 is 24.9 Å². The fraction of sp³-hybridized carbons (Fsp3) is 0.414. The minimum absolute atomic E-state index is 0.115. The van der Waals surface area contributed by atoms with Crippen LogP contribution in [0.3, 0.4) is 0 Å². The van der Waals surface area contributed by atoms with E-state index in [-0.39, 0.29) is 17.8 Å². The van der Waals surface area contributed by atoms with Gasteiger partial charge in [-0.2, -0.15) is 0 Å². The van der Waals surface area contributed by atoms with Crippen molar-refractivity contribution in [1.82, 2.24) is 10.3 Å². The minimum atomic E-state index is -1.13. The third-order valence-electron chi connectivity index (χ3n) is 5.79. The Balaban J connectivity index is 1.82. The maximum absolute atomic E-state index is 12.1. The molecule has 0 radical (unpaired) electrons. The van der Waals surface area contributed by atoms with Crippen molar-refractivity contribution in [2.24, 2.45) is 5.41 Å². The smallest absolute Gasteiger partial charge is 0.408 e. The van der Waals surface area contributed by atoms with Gasteiger partial charge in [-0.05, 0) is 61.6 Å². The molecule has 3 aromatic rings. The molecular formula is C29H36N2O6. The van der Waals surface area contributed by atoms with Crippen molar-refractivity contribution in [1.29, 1.82) is 0 Å². The fourth-order valence-electron chi connectivity index (χ4n) is 4.13. The molecule has 0 fully saturated rings. The number of esters is 1. The molecule has 198 valence electrons. The van der Waals surface area contributed by atoms with E-state index in [2.05, 4.69) is 30.2 Å². The summed E-state index contributed by atoms with van der Waals surface area (Å²) < 4.78 is 10.5. The Bertz CT molecular complexity index is 1290. The number of carboxylic acid groups (broad SMARTS) is 1. The number of fused-ring (bicyclic) bond motifs is 1. The number of aromatic nitrogens is 1. The maximum atomic E-state index is 12.1. The van der Waals surface area contributed by atoms with E-state index >= 15 is 0 Å². The van der Waals surface area contributed by atoms with E-state index in [1.165, 1.54) is 6.92 Å². The zero-order valence-electron chi connectivity index (χ0n) is 22.3. The average Bonchev–Trinajstić information content (AvgIpc) is 3.17. The van der Waals surface area contributed by atoms with E-state index in [0.717, 1.165) is 39.6 Å². The lowest BCUT2D eigenvalue weighted by Crippen LogP contribution is -2.44. The third kappa shape index (κ3) is 8.10. The van der Waals surface area contributed by atoms with Gasteiger partial charge in [0.25, 0.3) is 0 Å². The van der Waals surface area contributed by atoms with Crippen molar-refractivity contribution in [3.8, 4) is 11.1 Å². The van der Waals surface area contributed by atoms with Crippen LogP contribution in [0, 0.1) is 5.41 Å². The van der Waals surface area contributed by atoms with Crippen molar-refractivity contribution in [3.63, 3.8) is 0 Å². The van der Waals surface area contributed by atoms with Gasteiger partial charge in [0, 0.05) is 35.9 Å². The molecule has 0 saturated carbocycles. The number of aromatic amines is 1. The van der Waals surface area contributed by atoms with Gasteiger partial charge >= 0.3 is 18.0 Å². The van der Waals surface area contributed by atoms with Crippen LogP contribution < -0.4 is 5.32 Å². The molecule has 8 heteroatoms. The molecule has 1 amide bonds. The van der Waals surface area contributed by atoms with E-state index in [0.29, 0.717) is 6.61 Å². The van der Waals surface area contributed by atoms with Gasteiger partial charge in [0.1, 0.15) is 11.6 Å². The summed E-state index contributed by atoms with van der Waals surface area (Å²) in [6, 6.07) is 12.6. The third-order valence-corrected chi connectivity index (χ3v) is 5.79. The Morgan fingerprint density at radius 1 is 1.03 bits per heavy atom. The first-order chi connectivity index (χ1) is 17.2. The Kier molecular flexibility index (Phi) is 8.31. The van der Waals surface area contributed by atoms with Crippen LogP contribution in [0.1, 0.15) is 52.7 Å². The van der Waals surface area contributed by atoms with E-state index in [9.17, 15) is 19.5 Å². The zero-order chi connectivity index (χ0) is 27.4. The summed E-state index contributed by atoms with van der Waals surface area (Å²) in [6.45, 7) is 11.0. The number of alkyl carbamates (subject to hydrolysis) is 1. The van der Waals surface area contributed by atoms with Crippen molar-refractivity contribution in [3.05, 3.63) is 59.8 Å². The van der Waals surface area contributed by atoms with Gasteiger partial charge in [-0.1, -0.05) is 44.2 Å². The van der Waals surface area contributed by atoms with E-state index in [1.807, 2.05) is 42.6 Å². The predicted octanol–water partition coefficient (Wildman–Crippen LogP) is 5.49. The molecule has 0 unspecified atom stereocenters. The lowest BCUT2D eigenvalue weighted by molar-refractivity contribution is -0.144. The number of benzene rings is 2. The first kappa shape index (κ1) is 27.8. The first-order valence-electron chi connectivity index (χ1n) is 12.3. The molecule has 8 nitrogen and oxygen atoms in total. The van der Waals surface area contributed by atoms with E-state index < -0.39 is 23.7 Å². The van der Waals surface area contributed by atoms with Gasteiger partial charge in [0.05, 0.1) is 6.61 Å². The number of carbonyl (C=O) groups is 3. The number of carboxylic acids is 1. The second-order valence-corrected chi connectivity index (χ2v) is 11.1. The normalized spacial score (nSPS) is 12.7. The first-order valence-corrected chi connectivity index (χ1v) is 12.3. The molecule has 3 rings (SSSR count). The lowest BCUT2D eigenvalue weighted by atomic mass is 9.86. The second kappa shape index (κ2) is 11.1. The van der Waals surface area contributed by atoms with Gasteiger partial charge in [-0.3, -0.25) is 4.79 Å². The molecule has 0 bridgehead atoms. The van der Waals surface area contributed by atoms with Gasteiger partial charge in [0.15, 0.2) is 0 Å². The molecule has 37 heavy (non-hydrogen) atoms. The Morgan fingerprint density at radius 3 is 2.38 bits per heavy atom. The molecule has 0 aliphatic carbocycles. The summed E-state index contributed by atoms with van der Waals surface area (Å²) >= 11 is 0. The van der Waals surface area contributed by atoms with E-state index in [1.54, 1.807) is 20.8 Å². The van der Waals surface area contributed by atoms with Gasteiger partial charge in [-0.15, -0.1) is 0 Å². The maximum Gasteiger partial charge on any atom is 0.408 e. The van der Waals surface area contributed by atoms with Crippen LogP contribution >= 0.6 is 0 Å². The fourth-order valence-corrected chi connectivity index (χ4v) is 4.13. The summed E-state index contributed by atoms with van der Waals surface area (Å²) in [7, 11) is 0. The van der Waals surface area contributed by atoms with Crippen LogP contribution in [0.4, 0.5) is 4.79 Å². The number of rotatable bonds is 9. The van der Waals surface area contributed by atoms with Crippen LogP contribution in [-0.2, 0) is 31.9 Å². The average molecular weight is 509 g/mol. The number of ether oxygens (including phenoxy) is 2. The van der Waals surface area contributed by atoms with Crippen molar-refractivity contribution in [2.45, 2.75) is 66.0 Å². The number of hydrogen-bond donors (Lipinski definition) is 3. The SMILES string of the molecule is CC(=O)OCC(C)(C)Cc1c[nH]c2ccc(-c3cccc(C[C@H](NC(=O)OC(C)(C)C)C(=O)O)c3)cc12. The standard InChI is InChI=1S/C29H36N2O6/c1-18(32)36-17-29(5,6)15-22-16-30-24-11-10-21(14-23(22)24)20-9-7-8-19(12-20)13-25(26(33)34)31-27(35)37-28(2,3)4/h7-12,14,16,25,30H,13,15,17H2,1-6H3,(H,31,35)(H,33,34)/t25-/m0/s1. The molecule has 0 aliphatic heterocycles. The number of carbonyl (C=O) groups excluding carboxylic acids is 2. The molecule has 0 spiro atoms. The molecule has 1 aromatic heterocycles. The highest BCUT2D eigenvalue weighted by Gasteiger charge is 2.25. The number of H-pyrrole nitrogens is 1. The molecule has 0 saturated heterocycles. The number of aliphatic carboxylic acids is 1. The van der Waals surface area contributed by atoms with Crippen LogP contribution in [-0.4, -0.2) is 46.4 Å². The monoisotopic (exact) mass is 508 g/mol. The highest BCUT2D eigenvalue weighted by molar-refractivity contribution is 5.88. The molecule has 0 aliphatic rings. The Hall–Kier alpha value is -3.81. The number of nitrogens with one attached hydrogen (secondary N) is 2. The van der Waals surface area contributed by atoms with Gasteiger partial charge in [-0.25, -0.2) is 9.59 Å². The molecular weight excluding hydrogens is 472 g/mol. The minimum Gasteiger partial charge on any atom is -0.480 e. The highest BCUT2D eigenvalue weighted by Crippen LogP contribution is 2.31. The molecule has 1 atom stereocenters. The van der Waals surface area contributed by atoms with Crippen LogP contribution in [0.15, 0.2) is 48.7 Å². The Labute approximate surface area is 217 Å². The quantitative estimate of drug-likeness (QED) is 0.329. The summed E-state index contributed by atoms with van der Waals surface area (Å²) in [4.78, 5) is 38.5. The summed E-state index contributed by atoms with van der Waals surface area (Å²) in [5.41, 5.74) is 3.87. The molecule has 1 heterocycles. The number of amides is 1. The topological polar surface area (TPSA) is 118 Å². The van der Waals surface area contributed by atoms with Crippen molar-refractivity contribution >= 4 is 28.9 Å². The summed E-state index contributed by atoms with van der Waals surface area (Å²) in [5.74, 6) is -1.42. The lowest BCUT2D eigenvalue weighted by Gasteiger charge is -2.23. The predicted molar refractivity (Wildman–Crippen MR) is 142 cm³/mol. The molecule has 2 aromatic carbocycles. The van der Waals surface area contributed by atoms with Crippen LogP contribution in [0.5, 0.6) is 0 Å².